The second-order valence-corrected chi connectivity index (χ2v) is 28.6. The molecule has 0 radical (unpaired) electrons. The summed E-state index contributed by atoms with van der Waals surface area (Å²) in [4.78, 5) is 110. The number of carboxylic acid groups (broad SMARTS) is 4. The summed E-state index contributed by atoms with van der Waals surface area (Å²) in [6.45, 7) is -8.64. The van der Waals surface area contributed by atoms with Gasteiger partial charge in [0.1, 0.15) is 196 Å². The Morgan fingerprint density at radius 2 is 0.442 bits per heavy atom. The average Bonchev–Trinajstić information content (AvgIpc) is 0.771. The summed E-state index contributed by atoms with van der Waals surface area (Å²) in [6, 6.07) is -8.55. The van der Waals surface area contributed by atoms with E-state index >= 15 is 0 Å². The molecular formula is C65H101N5O50. The smallest absolute Gasteiger partial charge is 0.335 e. The molecule has 0 aromatic rings. The maximum absolute atomic E-state index is 13.1. The van der Waals surface area contributed by atoms with Crippen LogP contribution in [0.2, 0.25) is 0 Å². The Hall–Kier alpha value is -5.45. The first-order valence-corrected chi connectivity index (χ1v) is 37.2. The molecule has 0 bridgehead atoms. The van der Waals surface area contributed by atoms with E-state index in [1.165, 1.54) is 7.11 Å². The minimum Gasteiger partial charge on any atom is -0.479 e. The summed E-state index contributed by atoms with van der Waals surface area (Å²) in [5.41, 5.74) is 0. The molecule has 0 amide bonds. The number of aliphatic hydroxyl groups is 19. The average molecular weight is 1750 g/mol. The van der Waals surface area contributed by atoms with Crippen molar-refractivity contribution in [2.75, 3.05) is 72.9 Å². The molecule has 0 aromatic heterocycles. The van der Waals surface area contributed by atoms with E-state index in [2.05, 4.69) is 26.6 Å². The summed E-state index contributed by atoms with van der Waals surface area (Å²) in [7, 11) is 1.17. The summed E-state index contributed by atoms with van der Waals surface area (Å²) in [6.07, 6.45) is -85.7. The Labute approximate surface area is 675 Å². The first-order chi connectivity index (χ1) is 57.2. The first-order valence-electron chi connectivity index (χ1n) is 37.2. The molecule has 45 atom stereocenters. The van der Waals surface area contributed by atoms with Crippen LogP contribution in [0, 0.1) is 0 Å². The number of aliphatic hydroxyl groups excluding tert-OH is 19. The van der Waals surface area contributed by atoms with Crippen molar-refractivity contribution < 1.29 is 246 Å². The molecule has 120 heavy (non-hydrogen) atoms. The summed E-state index contributed by atoms with van der Waals surface area (Å²) in [5, 5.41) is 268. The van der Waals surface area contributed by atoms with Crippen molar-refractivity contribution in [3.63, 3.8) is 0 Å². The van der Waals surface area contributed by atoms with Crippen LogP contribution in [0.25, 0.3) is 0 Å². The van der Waals surface area contributed by atoms with Crippen LogP contribution in [-0.4, -0.2) is 522 Å². The van der Waals surface area contributed by atoms with Gasteiger partial charge in [-0.25, -0.2) is 19.2 Å². The number of rotatable bonds is 41. The number of carboxylic acids is 4. The van der Waals surface area contributed by atoms with Gasteiger partial charge in [0, 0.05) is 7.11 Å². The number of methoxy groups -OCH3 is 1. The minimum absolute atomic E-state index is 0.200. The molecule has 9 saturated heterocycles. The zero-order valence-corrected chi connectivity index (χ0v) is 62.7. The van der Waals surface area contributed by atoms with Gasteiger partial charge in [-0.3, -0.25) is 0 Å². The van der Waals surface area contributed by atoms with E-state index in [4.69, 9.17) is 85.3 Å². The summed E-state index contributed by atoms with van der Waals surface area (Å²) < 4.78 is 102. The van der Waals surface area contributed by atoms with Crippen molar-refractivity contribution in [1.82, 2.24) is 26.6 Å². The molecule has 9 aliphatic rings. The molecule has 0 spiro atoms. The molecule has 9 aliphatic heterocycles. The number of nitrogens with one attached hydrogen (secondary N) is 5. The van der Waals surface area contributed by atoms with Crippen molar-refractivity contribution in [3.8, 4) is 0 Å². The van der Waals surface area contributed by atoms with Crippen LogP contribution in [-0.2, 0) is 128 Å². The van der Waals surface area contributed by atoms with Crippen molar-refractivity contribution >= 4 is 55.3 Å². The van der Waals surface area contributed by atoms with Gasteiger partial charge in [-0.2, -0.15) is 0 Å². The van der Waals surface area contributed by atoms with Crippen LogP contribution < -0.4 is 26.6 Å². The second kappa shape index (κ2) is 44.6. The molecule has 28 N–H and O–H groups in total. The molecule has 0 saturated carbocycles. The highest BCUT2D eigenvalue weighted by molar-refractivity contribution is 5.75. The number of hydrogen-bond acceptors (Lipinski definition) is 51. The van der Waals surface area contributed by atoms with Gasteiger partial charge in [0.05, 0.1) is 96.0 Å². The molecule has 9 fully saturated rings. The van der Waals surface area contributed by atoms with Crippen LogP contribution in [0.3, 0.4) is 0 Å². The topological polar surface area (TPSA) is 845 Å². The highest BCUT2D eigenvalue weighted by atomic mass is 16.8. The Kier molecular flexibility index (Phi) is 36.6. The molecule has 9 heterocycles. The quantitative estimate of drug-likeness (QED) is 0.0253. The predicted octanol–water partition coefficient (Wildman–Crippen LogP) is -20.6. The predicted molar refractivity (Wildman–Crippen MR) is 363 cm³/mol. The number of carbonyl (C=O) groups is 9. The number of hydrogen-bond donors (Lipinski definition) is 28. The largest absolute Gasteiger partial charge is 0.479 e. The summed E-state index contributed by atoms with van der Waals surface area (Å²) in [5.74, 6) is -7.92. The Bertz CT molecular complexity index is 3300. The third-order valence-corrected chi connectivity index (χ3v) is 21.2. The van der Waals surface area contributed by atoms with Gasteiger partial charge < -0.3 is 253 Å². The lowest BCUT2D eigenvalue weighted by atomic mass is 9.93. The fourth-order valence-electron chi connectivity index (χ4n) is 15.1. The van der Waals surface area contributed by atoms with Crippen LogP contribution in [0.5, 0.6) is 0 Å². The van der Waals surface area contributed by atoms with Gasteiger partial charge in [0.25, 0.3) is 0 Å². The summed E-state index contributed by atoms with van der Waals surface area (Å²) >= 11 is 0. The zero-order chi connectivity index (χ0) is 88.2. The van der Waals surface area contributed by atoms with E-state index in [1.807, 2.05) is 0 Å². The first kappa shape index (κ1) is 98.3. The van der Waals surface area contributed by atoms with Crippen LogP contribution in [0.1, 0.15) is 0 Å². The second-order valence-electron chi connectivity index (χ2n) is 28.6. The van der Waals surface area contributed by atoms with E-state index < -0.39 is 359 Å². The molecule has 0 aromatic carbocycles. The van der Waals surface area contributed by atoms with Crippen molar-refractivity contribution in [1.29, 1.82) is 0 Å². The fourth-order valence-corrected chi connectivity index (χ4v) is 15.1. The van der Waals surface area contributed by atoms with Crippen molar-refractivity contribution in [2.45, 2.75) is 276 Å². The van der Waals surface area contributed by atoms with Gasteiger partial charge in [-0.05, 0) is 0 Å². The third-order valence-electron chi connectivity index (χ3n) is 21.2. The molecule has 9 rings (SSSR count). The van der Waals surface area contributed by atoms with Crippen LogP contribution >= 0.6 is 0 Å². The van der Waals surface area contributed by atoms with Crippen LogP contribution in [0.4, 0.5) is 0 Å². The molecule has 686 valence electrons. The van der Waals surface area contributed by atoms with Crippen LogP contribution in [0.15, 0.2) is 0 Å². The van der Waals surface area contributed by atoms with Gasteiger partial charge >= 0.3 is 23.9 Å². The number of ether oxygens (including phenoxy) is 18. The molecule has 18 unspecified atom stereocenters. The van der Waals surface area contributed by atoms with E-state index in [1.54, 1.807) is 0 Å². The van der Waals surface area contributed by atoms with Crippen molar-refractivity contribution in [3.05, 3.63) is 0 Å². The lowest BCUT2D eigenvalue weighted by Crippen LogP contribution is -2.71. The molecule has 55 nitrogen and oxygen atoms in total. The minimum atomic E-state index is -2.56. The number of carbonyl (C=O) groups excluding carboxylic acids is 5. The Morgan fingerprint density at radius 3 is 0.642 bits per heavy atom. The van der Waals surface area contributed by atoms with E-state index in [9.17, 15) is 161 Å². The lowest BCUT2D eigenvalue weighted by molar-refractivity contribution is -0.383. The number of aldehydes is 5. The lowest BCUT2D eigenvalue weighted by Gasteiger charge is -2.51. The zero-order valence-electron chi connectivity index (χ0n) is 62.7. The maximum atomic E-state index is 13.1. The Balaban J connectivity index is 0.857. The van der Waals surface area contributed by atoms with Gasteiger partial charge in [0.2, 0.25) is 0 Å². The monoisotopic (exact) mass is 1750 g/mol. The highest BCUT2D eigenvalue weighted by Gasteiger charge is 2.63. The van der Waals surface area contributed by atoms with Crippen molar-refractivity contribution in [2.24, 2.45) is 0 Å². The van der Waals surface area contributed by atoms with Gasteiger partial charge in [-0.1, -0.05) is 0 Å². The molecular weight excluding hydrogens is 1650 g/mol. The van der Waals surface area contributed by atoms with E-state index in [0.29, 0.717) is 12.6 Å². The van der Waals surface area contributed by atoms with Gasteiger partial charge in [0.15, 0.2) is 81.0 Å². The van der Waals surface area contributed by atoms with E-state index in [-0.39, 0.29) is 25.4 Å². The molecule has 55 heteroatoms. The maximum Gasteiger partial charge on any atom is 0.335 e. The molecule has 0 aliphatic carbocycles. The standard InChI is InChI=1S/C65H101N5O50/c1-103-57-23(67-3-8-72)29(83)41(18(13-77)105-57)109-62-38(92)34(88)46(50(118-62)54(97)98)114-59-25(69-5-10-74)31(85)43(20(15-79)107-59)111-64-40(94)36(90)48(52(120-64)56(101)102)116-61-26(70-6-11-75)32(86)44(21(16-80)108-61)112-65-39(93)35(89)47(51(119-65)55(99)100)115-60-24(68-4-9-73)30(84)42(19(14-78)106-60)110-63-37(91)33(87)45(49(117-63)53(95)96)113-58-22(66-2-7-71)28(82)27(81)17(12-76)104-58/h7-11,17-52,57-70,76-94H,2-6,12-16H2,1H3,(H,95,96)(H,97,98)(H,99,100)(H,101,102)/t17?,18?,19?,20?,21?,22?,23?,24?,25?,26?,27-,28-,29-,30-,31-,32-,33-,34-,35-,36-,37?,38?,39?,40?,41-,42-,43-,44-,45+,46+,47+,48+,49?,50?,51?,52?,57+,58-,59-,60-,61-,62-,63-,64-,65-/m1/s1. The van der Waals surface area contributed by atoms with E-state index in [0.717, 1.165) is 0 Å². The Morgan fingerprint density at radius 1 is 0.250 bits per heavy atom. The normalized spacial score (nSPS) is 46.4. The SMILES string of the molecule is CO[C@H]1OC(CO)[C@@H](O[C@@H]2OC(C(=O)O)[C@@H](O[C@H]3OC(CO)[C@@H](O[C@@H]4OC(C(=O)O)[C@@H](O[C@H]5OC(CO)[C@@H](O[C@@H]6OC(C(=O)O)[C@@H](O[C@H]7OC(CO)[C@@H](O[C@@H]8OC(C(=O)O)[C@@H](O[C@H]9OC(CO)[C@@H](O)[C@H](O)C9NCC=O)[C@H](O)C8O)[C@H](O)C7NCC=O)[C@H](O)C6O)[C@H](O)C5NCC=O)[C@H](O)C4O)[C@H](O)C3NCC=O)[C@H](O)C2O)[C@H](O)C1NCC=O. The number of aliphatic carboxylic acids is 4. The van der Waals surface area contributed by atoms with Gasteiger partial charge in [-0.15, -0.1) is 0 Å². The third kappa shape index (κ3) is 21.6. The fraction of sp³-hybridized carbons (Fsp3) is 0.862. The highest BCUT2D eigenvalue weighted by Crippen LogP contribution is 2.40.